The van der Waals surface area contributed by atoms with Crippen LogP contribution in [0.5, 0.6) is 0 Å². The average molecular weight is 285 g/mol. The molecule has 2 unspecified atom stereocenters. The summed E-state index contributed by atoms with van der Waals surface area (Å²) in [6, 6.07) is -1.13. The summed E-state index contributed by atoms with van der Waals surface area (Å²) in [5, 5.41) is 18.9. The van der Waals surface area contributed by atoms with Gasteiger partial charge >= 0.3 is 5.97 Å². The maximum atomic E-state index is 11.7. The largest absolute Gasteiger partial charge is 0.480 e. The van der Waals surface area contributed by atoms with Crippen LogP contribution in [0.4, 0.5) is 0 Å². The van der Waals surface area contributed by atoms with Gasteiger partial charge in [0.1, 0.15) is 12.6 Å². The fourth-order valence-electron chi connectivity index (χ4n) is 1.58. The molecule has 4 N–H and O–H groups in total. The fraction of sp³-hybridized carbons (Fsp3) is 0.636. The van der Waals surface area contributed by atoms with Crippen molar-refractivity contribution >= 4 is 11.9 Å². The molecule has 9 nitrogen and oxygen atoms in total. The van der Waals surface area contributed by atoms with Crippen molar-refractivity contribution in [2.24, 2.45) is 5.73 Å². The van der Waals surface area contributed by atoms with E-state index in [0.29, 0.717) is 12.3 Å². The number of carboxylic acids is 1. The van der Waals surface area contributed by atoms with E-state index in [1.165, 1.54) is 10.9 Å². The van der Waals surface area contributed by atoms with Gasteiger partial charge in [-0.25, -0.2) is 4.68 Å². The third kappa shape index (κ3) is 5.33. The van der Waals surface area contributed by atoms with Gasteiger partial charge in [0.15, 0.2) is 0 Å². The quantitative estimate of drug-likeness (QED) is 0.523. The Balaban J connectivity index is 2.47. The molecule has 0 saturated carbocycles. The molecule has 1 aromatic rings. The molecule has 0 saturated heterocycles. The summed E-state index contributed by atoms with van der Waals surface area (Å²) in [5.74, 6) is -1.33. The van der Waals surface area contributed by atoms with Gasteiger partial charge in [0, 0.05) is 25.8 Å². The van der Waals surface area contributed by atoms with Crippen LogP contribution >= 0.6 is 0 Å². The van der Waals surface area contributed by atoms with Gasteiger partial charge in [0.25, 0.3) is 0 Å². The highest BCUT2D eigenvalue weighted by Gasteiger charge is 2.15. The lowest BCUT2D eigenvalue weighted by atomic mass is 10.2. The smallest absolute Gasteiger partial charge is 0.320 e. The Morgan fingerprint density at radius 1 is 1.60 bits per heavy atom. The Hall–Kier alpha value is -2.00. The van der Waals surface area contributed by atoms with Gasteiger partial charge in [-0.05, 0) is 6.92 Å². The van der Waals surface area contributed by atoms with Crippen LogP contribution in [0.1, 0.15) is 12.6 Å². The van der Waals surface area contributed by atoms with Gasteiger partial charge in [-0.2, -0.15) is 0 Å². The molecular weight excluding hydrogens is 266 g/mol. The van der Waals surface area contributed by atoms with Crippen molar-refractivity contribution in [3.8, 4) is 0 Å². The number of nitrogens with two attached hydrogens (primary N) is 1. The van der Waals surface area contributed by atoms with E-state index in [0.717, 1.165) is 0 Å². The first kappa shape index (κ1) is 16.1. The van der Waals surface area contributed by atoms with E-state index in [2.05, 4.69) is 15.6 Å². The van der Waals surface area contributed by atoms with Gasteiger partial charge in [-0.15, -0.1) is 5.10 Å². The molecule has 1 amide bonds. The van der Waals surface area contributed by atoms with Crippen LogP contribution in [0.2, 0.25) is 0 Å². The highest BCUT2D eigenvalue weighted by atomic mass is 16.5. The standard InChI is InChI=1S/C11H19N5O4/c1-7(6-20-2)13-10(17)5-16-4-8(14-15-16)3-9(12)11(18)19/h4,7,9H,3,5-6,12H2,1-2H3,(H,13,17)(H,18,19). The van der Waals surface area contributed by atoms with Crippen molar-refractivity contribution in [2.45, 2.75) is 32.0 Å². The Morgan fingerprint density at radius 2 is 2.30 bits per heavy atom. The zero-order valence-corrected chi connectivity index (χ0v) is 11.4. The summed E-state index contributed by atoms with van der Waals surface area (Å²) in [7, 11) is 1.55. The number of hydrogen-bond donors (Lipinski definition) is 3. The summed E-state index contributed by atoms with van der Waals surface area (Å²) in [5.41, 5.74) is 5.82. The molecule has 0 bridgehead atoms. The number of carboxylic acid groups (broad SMARTS) is 1. The highest BCUT2D eigenvalue weighted by Crippen LogP contribution is 1.98. The monoisotopic (exact) mass is 285 g/mol. The van der Waals surface area contributed by atoms with Gasteiger partial charge in [-0.3, -0.25) is 9.59 Å². The summed E-state index contributed by atoms with van der Waals surface area (Å²) < 4.78 is 6.24. The van der Waals surface area contributed by atoms with E-state index in [-0.39, 0.29) is 24.9 Å². The fourth-order valence-corrected chi connectivity index (χ4v) is 1.58. The van der Waals surface area contributed by atoms with Crippen LogP contribution in [0.25, 0.3) is 0 Å². The number of aromatic nitrogens is 3. The third-order valence-electron chi connectivity index (χ3n) is 2.46. The second kappa shape index (κ2) is 7.56. The minimum atomic E-state index is -1.11. The second-order valence-electron chi connectivity index (χ2n) is 4.48. The maximum absolute atomic E-state index is 11.7. The van der Waals surface area contributed by atoms with Gasteiger partial charge in [-0.1, -0.05) is 5.21 Å². The van der Waals surface area contributed by atoms with Crippen molar-refractivity contribution in [3.05, 3.63) is 11.9 Å². The van der Waals surface area contributed by atoms with Crippen molar-refractivity contribution in [3.63, 3.8) is 0 Å². The summed E-state index contributed by atoms with van der Waals surface area (Å²) in [4.78, 5) is 22.3. The second-order valence-corrected chi connectivity index (χ2v) is 4.48. The molecule has 0 radical (unpaired) electrons. The lowest BCUT2D eigenvalue weighted by Gasteiger charge is -2.12. The number of carbonyl (C=O) groups is 2. The first-order valence-corrected chi connectivity index (χ1v) is 6.08. The Labute approximate surface area is 116 Å². The summed E-state index contributed by atoms with van der Waals surface area (Å²) in [6.07, 6.45) is 1.57. The maximum Gasteiger partial charge on any atom is 0.320 e. The van der Waals surface area contributed by atoms with Crippen molar-refractivity contribution < 1.29 is 19.4 Å². The van der Waals surface area contributed by atoms with Crippen LogP contribution in [0.3, 0.4) is 0 Å². The molecule has 1 heterocycles. The Morgan fingerprint density at radius 3 is 2.90 bits per heavy atom. The van der Waals surface area contributed by atoms with Crippen LogP contribution in [0.15, 0.2) is 6.20 Å². The molecule has 0 aliphatic carbocycles. The predicted octanol–water partition coefficient (Wildman–Crippen LogP) is -1.62. The first-order valence-electron chi connectivity index (χ1n) is 6.08. The van der Waals surface area contributed by atoms with E-state index in [9.17, 15) is 9.59 Å². The highest BCUT2D eigenvalue weighted by molar-refractivity contribution is 5.76. The molecule has 2 atom stereocenters. The van der Waals surface area contributed by atoms with E-state index in [1.807, 2.05) is 6.92 Å². The SMILES string of the molecule is COCC(C)NC(=O)Cn1cc(CC(N)C(=O)O)nn1. The lowest BCUT2D eigenvalue weighted by molar-refractivity contribution is -0.138. The minimum absolute atomic E-state index is 0.00334. The van der Waals surface area contributed by atoms with Crippen molar-refractivity contribution in [1.29, 1.82) is 0 Å². The average Bonchev–Trinajstić information content (AvgIpc) is 2.76. The Bertz CT molecular complexity index is 461. The van der Waals surface area contributed by atoms with Crippen LogP contribution in [0, 0.1) is 0 Å². The third-order valence-corrected chi connectivity index (χ3v) is 2.46. The van der Waals surface area contributed by atoms with Gasteiger partial charge < -0.3 is 20.9 Å². The van der Waals surface area contributed by atoms with Crippen LogP contribution in [-0.4, -0.2) is 57.8 Å². The number of methoxy groups -OCH3 is 1. The first-order chi connectivity index (χ1) is 9.42. The molecule has 0 aliphatic rings. The van der Waals surface area contributed by atoms with Crippen LogP contribution in [-0.2, 0) is 27.3 Å². The molecule has 0 fully saturated rings. The summed E-state index contributed by atoms with van der Waals surface area (Å²) >= 11 is 0. The molecule has 0 aliphatic heterocycles. The topological polar surface area (TPSA) is 132 Å². The minimum Gasteiger partial charge on any atom is -0.480 e. The number of nitrogens with zero attached hydrogens (tertiary/aromatic N) is 3. The summed E-state index contributed by atoms with van der Waals surface area (Å²) in [6.45, 7) is 2.24. The van der Waals surface area contributed by atoms with E-state index in [4.69, 9.17) is 15.6 Å². The lowest BCUT2D eigenvalue weighted by Crippen LogP contribution is -2.37. The number of carbonyl (C=O) groups excluding carboxylic acids is 1. The molecule has 1 rings (SSSR count). The normalized spacial score (nSPS) is 13.8. The zero-order chi connectivity index (χ0) is 15.1. The molecule has 1 aromatic heterocycles. The molecule has 0 spiro atoms. The van der Waals surface area contributed by atoms with Gasteiger partial charge in [0.05, 0.1) is 12.3 Å². The number of hydrogen-bond acceptors (Lipinski definition) is 6. The molecular formula is C11H19N5O4. The predicted molar refractivity (Wildman–Crippen MR) is 68.8 cm³/mol. The van der Waals surface area contributed by atoms with Crippen molar-refractivity contribution in [2.75, 3.05) is 13.7 Å². The van der Waals surface area contributed by atoms with E-state index >= 15 is 0 Å². The molecule has 20 heavy (non-hydrogen) atoms. The van der Waals surface area contributed by atoms with E-state index in [1.54, 1.807) is 7.11 Å². The number of ether oxygens (including phenoxy) is 1. The number of amides is 1. The van der Waals surface area contributed by atoms with Gasteiger partial charge in [0.2, 0.25) is 5.91 Å². The molecule has 112 valence electrons. The number of nitrogens with one attached hydrogen (secondary N) is 1. The molecule has 9 heteroatoms. The number of aliphatic carboxylic acids is 1. The Kier molecular flexibility index (Phi) is 6.07. The van der Waals surface area contributed by atoms with Crippen LogP contribution < -0.4 is 11.1 Å². The molecule has 0 aromatic carbocycles. The van der Waals surface area contributed by atoms with E-state index < -0.39 is 12.0 Å². The number of rotatable bonds is 8. The van der Waals surface area contributed by atoms with Crippen molar-refractivity contribution in [1.82, 2.24) is 20.3 Å². The zero-order valence-electron chi connectivity index (χ0n) is 11.4.